The first-order chi connectivity index (χ1) is 16.2. The van der Waals surface area contributed by atoms with Crippen LogP contribution in [0.2, 0.25) is 0 Å². The maximum atomic E-state index is 13.9. The van der Waals surface area contributed by atoms with Crippen molar-refractivity contribution in [2.45, 2.75) is 44.1 Å². The summed E-state index contributed by atoms with van der Waals surface area (Å²) in [4.78, 5) is 6.60. The molecule has 0 unspecified atom stereocenters. The maximum absolute atomic E-state index is 13.9. The van der Waals surface area contributed by atoms with E-state index in [0.717, 1.165) is 50.2 Å². The van der Waals surface area contributed by atoms with E-state index in [4.69, 9.17) is 14.2 Å². The number of rotatable bonds is 7. The van der Waals surface area contributed by atoms with Crippen LogP contribution in [-0.4, -0.2) is 41.3 Å². The van der Waals surface area contributed by atoms with E-state index in [1.54, 1.807) is 24.4 Å². The van der Waals surface area contributed by atoms with Gasteiger partial charge in [-0.15, -0.1) is 0 Å². The number of likely N-dealkylation sites (tertiary alicyclic amines) is 1. The van der Waals surface area contributed by atoms with Crippen molar-refractivity contribution >= 4 is 0 Å². The molecular formula is C27H29FN2O3. The van der Waals surface area contributed by atoms with E-state index in [9.17, 15) is 4.39 Å². The van der Waals surface area contributed by atoms with Gasteiger partial charge >= 0.3 is 0 Å². The van der Waals surface area contributed by atoms with Crippen LogP contribution >= 0.6 is 0 Å². The van der Waals surface area contributed by atoms with Gasteiger partial charge in [-0.2, -0.15) is 0 Å². The molecule has 2 fully saturated rings. The van der Waals surface area contributed by atoms with Gasteiger partial charge in [-0.25, -0.2) is 4.39 Å². The van der Waals surface area contributed by atoms with Gasteiger partial charge in [-0.05, 0) is 37.1 Å². The summed E-state index contributed by atoms with van der Waals surface area (Å²) in [5.41, 5.74) is 2.08. The van der Waals surface area contributed by atoms with Gasteiger partial charge in [0.1, 0.15) is 18.5 Å². The highest BCUT2D eigenvalue weighted by atomic mass is 19.1. The number of piperidine rings is 1. The Morgan fingerprint density at radius 1 is 1.00 bits per heavy atom. The lowest BCUT2D eigenvalue weighted by atomic mass is 9.88. The molecule has 2 aliphatic rings. The molecule has 3 heterocycles. The number of pyridine rings is 1. The van der Waals surface area contributed by atoms with E-state index in [1.165, 1.54) is 11.6 Å². The fraction of sp³-hybridized carbons (Fsp3) is 0.370. The number of hydrogen-bond donors (Lipinski definition) is 0. The van der Waals surface area contributed by atoms with Crippen LogP contribution in [0.1, 0.15) is 30.4 Å². The standard InChI is InChI=1S/C27H29FN2O3/c28-24-8-2-4-10-26(24)33-23-16-27(32-20-23)11-14-30(15-12-27)18-22-7-1-3-9-25(22)31-19-21-6-5-13-29-17-21/h1-10,13,17,23H,11-12,14-16,18-20H2/t23-/m1/s1. The van der Waals surface area contributed by atoms with Crippen LogP contribution in [-0.2, 0) is 17.9 Å². The average molecular weight is 449 g/mol. The number of halogens is 1. The van der Waals surface area contributed by atoms with Crippen molar-refractivity contribution in [3.05, 3.63) is 90.0 Å². The molecule has 2 aromatic carbocycles. The number of benzene rings is 2. The third kappa shape index (κ3) is 5.34. The summed E-state index contributed by atoms with van der Waals surface area (Å²) < 4.78 is 32.1. The minimum Gasteiger partial charge on any atom is -0.489 e. The Morgan fingerprint density at radius 2 is 1.79 bits per heavy atom. The first-order valence-corrected chi connectivity index (χ1v) is 11.6. The summed E-state index contributed by atoms with van der Waals surface area (Å²) >= 11 is 0. The quantitative estimate of drug-likeness (QED) is 0.509. The van der Waals surface area contributed by atoms with Crippen molar-refractivity contribution < 1.29 is 18.6 Å². The van der Waals surface area contributed by atoms with Crippen molar-refractivity contribution in [1.29, 1.82) is 0 Å². The van der Waals surface area contributed by atoms with Gasteiger partial charge in [0, 0.05) is 49.6 Å². The predicted octanol–water partition coefficient (Wildman–Crippen LogP) is 5.00. The van der Waals surface area contributed by atoms with E-state index >= 15 is 0 Å². The van der Waals surface area contributed by atoms with Crippen molar-refractivity contribution in [2.24, 2.45) is 0 Å². The molecule has 0 radical (unpaired) electrons. The van der Waals surface area contributed by atoms with Crippen molar-refractivity contribution in [1.82, 2.24) is 9.88 Å². The van der Waals surface area contributed by atoms with Crippen LogP contribution in [0.25, 0.3) is 0 Å². The van der Waals surface area contributed by atoms with Crippen LogP contribution in [0.5, 0.6) is 11.5 Å². The third-order valence-corrected chi connectivity index (χ3v) is 6.56. The highest BCUT2D eigenvalue weighted by Crippen LogP contribution is 2.38. The second-order valence-electron chi connectivity index (χ2n) is 8.90. The van der Waals surface area contributed by atoms with Crippen molar-refractivity contribution in [3.63, 3.8) is 0 Å². The lowest BCUT2D eigenvalue weighted by Crippen LogP contribution is -2.44. The summed E-state index contributed by atoms with van der Waals surface area (Å²) in [6, 6.07) is 18.7. The molecular weight excluding hydrogens is 419 g/mol. The van der Waals surface area contributed by atoms with Crippen molar-refractivity contribution in [2.75, 3.05) is 19.7 Å². The Bertz CT molecular complexity index is 1050. The Kier molecular flexibility index (Phi) is 6.55. The molecule has 0 bridgehead atoms. The van der Waals surface area contributed by atoms with Crippen LogP contribution in [0.3, 0.4) is 0 Å². The minimum absolute atomic E-state index is 0.102. The summed E-state index contributed by atoms with van der Waals surface area (Å²) in [6.45, 7) is 3.76. The molecule has 1 atom stereocenters. The van der Waals surface area contributed by atoms with Gasteiger partial charge in [0.2, 0.25) is 0 Å². The number of nitrogens with zero attached hydrogens (tertiary/aromatic N) is 2. The normalized spacial score (nSPS) is 20.1. The second-order valence-corrected chi connectivity index (χ2v) is 8.90. The first-order valence-electron chi connectivity index (χ1n) is 11.6. The van der Waals surface area contributed by atoms with Crippen LogP contribution in [0.15, 0.2) is 73.1 Å². The predicted molar refractivity (Wildman–Crippen MR) is 124 cm³/mol. The molecule has 172 valence electrons. The Labute approximate surface area is 194 Å². The van der Waals surface area contributed by atoms with Crippen LogP contribution in [0.4, 0.5) is 4.39 Å². The number of hydrogen-bond acceptors (Lipinski definition) is 5. The van der Waals surface area contributed by atoms with Crippen LogP contribution < -0.4 is 9.47 Å². The number of aromatic nitrogens is 1. The highest BCUT2D eigenvalue weighted by molar-refractivity contribution is 5.33. The number of ether oxygens (including phenoxy) is 3. The van der Waals surface area contributed by atoms with Gasteiger partial charge in [0.15, 0.2) is 11.6 Å². The van der Waals surface area contributed by atoms with E-state index in [0.29, 0.717) is 19.0 Å². The minimum atomic E-state index is -0.322. The summed E-state index contributed by atoms with van der Waals surface area (Å²) in [5, 5.41) is 0. The molecule has 2 aliphatic heterocycles. The monoisotopic (exact) mass is 448 g/mol. The van der Waals surface area contributed by atoms with E-state index in [2.05, 4.69) is 22.0 Å². The summed E-state index contributed by atoms with van der Waals surface area (Å²) in [7, 11) is 0. The maximum Gasteiger partial charge on any atom is 0.165 e. The van der Waals surface area contributed by atoms with Gasteiger partial charge in [-0.1, -0.05) is 36.4 Å². The average Bonchev–Trinajstić information content (AvgIpc) is 3.24. The molecule has 6 heteroatoms. The SMILES string of the molecule is Fc1ccccc1O[C@H]1COC2(CCN(Cc3ccccc3OCc3cccnc3)CC2)C1. The van der Waals surface area contributed by atoms with Crippen LogP contribution in [0, 0.1) is 5.82 Å². The van der Waals surface area contributed by atoms with Gasteiger partial charge in [-0.3, -0.25) is 9.88 Å². The van der Waals surface area contributed by atoms with Crippen molar-refractivity contribution in [3.8, 4) is 11.5 Å². The molecule has 1 spiro atoms. The molecule has 0 aliphatic carbocycles. The molecule has 1 aromatic heterocycles. The number of para-hydroxylation sites is 2. The lowest BCUT2D eigenvalue weighted by molar-refractivity contribution is -0.0455. The van der Waals surface area contributed by atoms with Gasteiger partial charge in [0.25, 0.3) is 0 Å². The van der Waals surface area contributed by atoms with E-state index in [-0.39, 0.29) is 17.5 Å². The lowest BCUT2D eigenvalue weighted by Gasteiger charge is -2.38. The first kappa shape index (κ1) is 21.9. The zero-order chi connectivity index (χ0) is 22.5. The van der Waals surface area contributed by atoms with Gasteiger partial charge < -0.3 is 14.2 Å². The molecule has 0 saturated carbocycles. The smallest absolute Gasteiger partial charge is 0.165 e. The molecule has 5 nitrogen and oxygen atoms in total. The Hall–Kier alpha value is -2.96. The highest BCUT2D eigenvalue weighted by Gasteiger charge is 2.43. The molecule has 3 aromatic rings. The Morgan fingerprint density at radius 3 is 2.58 bits per heavy atom. The molecule has 2 saturated heterocycles. The molecule has 33 heavy (non-hydrogen) atoms. The van der Waals surface area contributed by atoms with E-state index in [1.807, 2.05) is 30.5 Å². The molecule has 5 rings (SSSR count). The van der Waals surface area contributed by atoms with Gasteiger partial charge in [0.05, 0.1) is 12.2 Å². The fourth-order valence-electron chi connectivity index (χ4n) is 4.73. The third-order valence-electron chi connectivity index (χ3n) is 6.56. The topological polar surface area (TPSA) is 43.8 Å². The zero-order valence-corrected chi connectivity index (χ0v) is 18.7. The Balaban J connectivity index is 1.14. The molecule has 0 N–H and O–H groups in total. The van der Waals surface area contributed by atoms with E-state index < -0.39 is 0 Å². The fourth-order valence-corrected chi connectivity index (χ4v) is 4.73. The summed E-state index contributed by atoms with van der Waals surface area (Å²) in [6.07, 6.45) is 6.20. The second kappa shape index (κ2) is 9.89. The molecule has 0 amide bonds. The summed E-state index contributed by atoms with van der Waals surface area (Å²) in [5.74, 6) is 0.901. The zero-order valence-electron chi connectivity index (χ0n) is 18.7. The largest absolute Gasteiger partial charge is 0.489 e.